The van der Waals surface area contributed by atoms with E-state index in [0.29, 0.717) is 0 Å². The van der Waals surface area contributed by atoms with E-state index in [1.54, 1.807) is 18.4 Å². The first-order valence-electron chi connectivity index (χ1n) is 10.6. The fraction of sp³-hybridized carbons (Fsp3) is 0.545. The molecule has 2 N–H and O–H groups in total. The molecule has 0 bridgehead atoms. The number of aromatic nitrogens is 1. The minimum absolute atomic E-state index is 0.240. The number of methoxy groups -OCH3 is 1. The lowest BCUT2D eigenvalue weighted by Gasteiger charge is -2.35. The van der Waals surface area contributed by atoms with Crippen LogP contribution in [-0.4, -0.2) is 69.4 Å². The summed E-state index contributed by atoms with van der Waals surface area (Å²) < 4.78 is 10.9. The third kappa shape index (κ3) is 6.42. The van der Waals surface area contributed by atoms with Crippen LogP contribution in [0.2, 0.25) is 0 Å². The fourth-order valence-corrected chi connectivity index (χ4v) is 4.30. The SMILES string of the molecule is CCc1nc(CCNC(=NC)NCC(c2ccc(OC)cc2)N2CCOCC2)cs1. The number of guanidine groups is 1. The summed E-state index contributed by atoms with van der Waals surface area (Å²) in [6.45, 7) is 7.10. The predicted molar refractivity (Wildman–Crippen MR) is 123 cm³/mol. The number of nitrogens with one attached hydrogen (secondary N) is 2. The highest BCUT2D eigenvalue weighted by molar-refractivity contribution is 7.09. The van der Waals surface area contributed by atoms with Crippen LogP contribution in [0.3, 0.4) is 0 Å². The van der Waals surface area contributed by atoms with Crippen LogP contribution in [-0.2, 0) is 17.6 Å². The smallest absolute Gasteiger partial charge is 0.191 e. The Balaban J connectivity index is 1.56. The van der Waals surface area contributed by atoms with E-state index in [0.717, 1.165) is 69.6 Å². The molecule has 1 aromatic heterocycles. The van der Waals surface area contributed by atoms with Crippen LogP contribution in [0.25, 0.3) is 0 Å². The molecule has 8 heteroatoms. The summed E-state index contributed by atoms with van der Waals surface area (Å²) >= 11 is 1.73. The van der Waals surface area contributed by atoms with Crippen LogP contribution < -0.4 is 15.4 Å². The maximum atomic E-state index is 5.55. The maximum Gasteiger partial charge on any atom is 0.191 e. The van der Waals surface area contributed by atoms with Crippen molar-refractivity contribution >= 4 is 17.3 Å². The molecule has 1 aliphatic heterocycles. The molecule has 0 spiro atoms. The standard InChI is InChI=1S/C22H33N5O2S/c1-4-21-26-18(16-30-21)9-10-24-22(23-2)25-15-20(27-11-13-29-14-12-27)17-5-7-19(28-3)8-6-17/h5-8,16,20H,4,9-15H2,1-3H3,(H2,23,24,25). The Morgan fingerprint density at radius 1 is 1.27 bits per heavy atom. The van der Waals surface area contributed by atoms with Gasteiger partial charge in [-0.2, -0.15) is 0 Å². The first-order valence-corrected chi connectivity index (χ1v) is 11.4. The van der Waals surface area contributed by atoms with Crippen molar-refractivity contribution < 1.29 is 9.47 Å². The Labute approximate surface area is 183 Å². The number of aliphatic imine (C=N–C) groups is 1. The molecular formula is C22H33N5O2S. The topological polar surface area (TPSA) is 71.0 Å². The highest BCUT2D eigenvalue weighted by Gasteiger charge is 2.23. The van der Waals surface area contributed by atoms with Crippen LogP contribution in [0.1, 0.15) is 29.2 Å². The van der Waals surface area contributed by atoms with Gasteiger partial charge in [-0.15, -0.1) is 11.3 Å². The Morgan fingerprint density at radius 2 is 2.03 bits per heavy atom. The van der Waals surface area contributed by atoms with Gasteiger partial charge in [0.25, 0.3) is 0 Å². The average Bonchev–Trinajstić information content (AvgIpc) is 3.27. The molecule has 1 aliphatic rings. The second-order valence-electron chi connectivity index (χ2n) is 7.15. The van der Waals surface area contributed by atoms with Gasteiger partial charge in [0, 0.05) is 45.0 Å². The molecule has 1 aromatic carbocycles. The molecule has 1 saturated heterocycles. The van der Waals surface area contributed by atoms with Crippen molar-refractivity contribution in [1.29, 1.82) is 0 Å². The molecule has 0 aliphatic carbocycles. The van der Waals surface area contributed by atoms with Gasteiger partial charge in [0.2, 0.25) is 0 Å². The number of hydrogen-bond acceptors (Lipinski definition) is 6. The zero-order chi connectivity index (χ0) is 21.2. The molecule has 1 fully saturated rings. The molecule has 3 rings (SSSR count). The zero-order valence-electron chi connectivity index (χ0n) is 18.2. The van der Waals surface area contributed by atoms with Crippen LogP contribution >= 0.6 is 11.3 Å². The molecule has 0 radical (unpaired) electrons. The first kappa shape index (κ1) is 22.5. The van der Waals surface area contributed by atoms with Crippen LogP contribution in [0.5, 0.6) is 5.75 Å². The highest BCUT2D eigenvalue weighted by Crippen LogP contribution is 2.23. The van der Waals surface area contributed by atoms with E-state index in [9.17, 15) is 0 Å². The van der Waals surface area contributed by atoms with E-state index >= 15 is 0 Å². The van der Waals surface area contributed by atoms with Crippen LogP contribution in [0.15, 0.2) is 34.6 Å². The number of morpholine rings is 1. The van der Waals surface area contributed by atoms with E-state index in [1.807, 2.05) is 19.2 Å². The van der Waals surface area contributed by atoms with E-state index in [1.165, 1.54) is 10.6 Å². The molecule has 1 atom stereocenters. The highest BCUT2D eigenvalue weighted by atomic mass is 32.1. The molecule has 7 nitrogen and oxygen atoms in total. The van der Waals surface area contributed by atoms with E-state index in [2.05, 4.69) is 49.9 Å². The lowest BCUT2D eigenvalue weighted by atomic mass is 10.0. The first-order chi connectivity index (χ1) is 14.7. The molecule has 30 heavy (non-hydrogen) atoms. The molecular weight excluding hydrogens is 398 g/mol. The second-order valence-corrected chi connectivity index (χ2v) is 8.10. The zero-order valence-corrected chi connectivity index (χ0v) is 19.0. The van der Waals surface area contributed by atoms with E-state index in [4.69, 9.17) is 9.47 Å². The quantitative estimate of drug-likeness (QED) is 0.470. The third-order valence-electron chi connectivity index (χ3n) is 5.25. The summed E-state index contributed by atoms with van der Waals surface area (Å²) in [7, 11) is 3.50. The van der Waals surface area contributed by atoms with Gasteiger partial charge < -0.3 is 20.1 Å². The minimum atomic E-state index is 0.240. The van der Waals surface area contributed by atoms with Gasteiger partial charge in [-0.1, -0.05) is 19.1 Å². The number of benzene rings is 1. The van der Waals surface area contributed by atoms with Gasteiger partial charge in [-0.25, -0.2) is 4.98 Å². The molecule has 164 valence electrons. The Bertz CT molecular complexity index is 787. The number of ether oxygens (including phenoxy) is 2. The number of aryl methyl sites for hydroxylation is 1. The molecule has 2 heterocycles. The molecule has 0 amide bonds. The van der Waals surface area contributed by atoms with Crippen molar-refractivity contribution in [2.45, 2.75) is 25.8 Å². The predicted octanol–water partition coefficient (Wildman–Crippen LogP) is 2.50. The largest absolute Gasteiger partial charge is 0.497 e. The third-order valence-corrected chi connectivity index (χ3v) is 6.29. The van der Waals surface area contributed by atoms with Crippen molar-refractivity contribution in [3.05, 3.63) is 45.9 Å². The lowest BCUT2D eigenvalue weighted by Crippen LogP contribution is -2.46. The Kier molecular flexibility index (Phi) is 8.92. The second kappa shape index (κ2) is 11.9. The number of nitrogens with zero attached hydrogens (tertiary/aromatic N) is 3. The van der Waals surface area contributed by atoms with Gasteiger partial charge in [-0.3, -0.25) is 9.89 Å². The summed E-state index contributed by atoms with van der Waals surface area (Å²) in [5, 5.41) is 10.3. The Morgan fingerprint density at radius 3 is 2.67 bits per heavy atom. The minimum Gasteiger partial charge on any atom is -0.497 e. The number of hydrogen-bond donors (Lipinski definition) is 2. The fourth-order valence-electron chi connectivity index (χ4n) is 3.52. The van der Waals surface area contributed by atoms with Crippen molar-refractivity contribution in [3.63, 3.8) is 0 Å². The van der Waals surface area contributed by atoms with Crippen molar-refractivity contribution in [3.8, 4) is 5.75 Å². The monoisotopic (exact) mass is 431 g/mol. The van der Waals surface area contributed by atoms with E-state index < -0.39 is 0 Å². The van der Waals surface area contributed by atoms with Crippen molar-refractivity contribution in [1.82, 2.24) is 20.5 Å². The summed E-state index contributed by atoms with van der Waals surface area (Å²) in [5.41, 5.74) is 2.40. The normalized spacial score (nSPS) is 16.3. The van der Waals surface area contributed by atoms with Gasteiger partial charge in [0.05, 0.1) is 37.1 Å². The Hall–Kier alpha value is -2.16. The van der Waals surface area contributed by atoms with Crippen LogP contribution in [0, 0.1) is 0 Å². The summed E-state index contributed by atoms with van der Waals surface area (Å²) in [4.78, 5) is 11.5. The van der Waals surface area contributed by atoms with Gasteiger partial charge in [0.1, 0.15) is 5.75 Å². The molecule has 2 aromatic rings. The van der Waals surface area contributed by atoms with Gasteiger partial charge >= 0.3 is 0 Å². The number of rotatable bonds is 9. The van der Waals surface area contributed by atoms with Crippen molar-refractivity contribution in [2.75, 3.05) is 53.6 Å². The number of thiazole rings is 1. The summed E-state index contributed by atoms with van der Waals surface area (Å²) in [6.07, 6.45) is 1.89. The van der Waals surface area contributed by atoms with Gasteiger partial charge in [0.15, 0.2) is 5.96 Å². The summed E-state index contributed by atoms with van der Waals surface area (Å²) in [6, 6.07) is 8.57. The lowest BCUT2D eigenvalue weighted by molar-refractivity contribution is 0.0170. The van der Waals surface area contributed by atoms with Crippen LogP contribution in [0.4, 0.5) is 0 Å². The molecule has 0 saturated carbocycles. The summed E-state index contributed by atoms with van der Waals surface area (Å²) in [5.74, 6) is 1.69. The van der Waals surface area contributed by atoms with Gasteiger partial charge in [-0.05, 0) is 24.1 Å². The molecule has 1 unspecified atom stereocenters. The average molecular weight is 432 g/mol. The van der Waals surface area contributed by atoms with E-state index in [-0.39, 0.29) is 6.04 Å². The van der Waals surface area contributed by atoms with Crippen molar-refractivity contribution in [2.24, 2.45) is 4.99 Å². The maximum absolute atomic E-state index is 5.55.